The third-order valence-corrected chi connectivity index (χ3v) is 4.46. The van der Waals surface area contributed by atoms with Crippen LogP contribution in [0.2, 0.25) is 0 Å². The summed E-state index contributed by atoms with van der Waals surface area (Å²) in [6, 6.07) is 13.7. The zero-order chi connectivity index (χ0) is 21.5. The third kappa shape index (κ3) is 5.22. The lowest BCUT2D eigenvalue weighted by molar-refractivity contribution is -0.118. The summed E-state index contributed by atoms with van der Waals surface area (Å²) < 4.78 is 5.16. The van der Waals surface area contributed by atoms with Crippen LogP contribution < -0.4 is 15.8 Å². The highest BCUT2D eigenvalue weighted by molar-refractivity contribution is 6.43. The fraction of sp³-hybridized carbons (Fsp3) is 0.273. The molecule has 0 spiro atoms. The fourth-order valence-electron chi connectivity index (χ4n) is 2.72. The third-order valence-electron chi connectivity index (χ3n) is 4.46. The second-order valence-corrected chi connectivity index (χ2v) is 6.86. The maximum atomic E-state index is 12.6. The van der Waals surface area contributed by atoms with Crippen LogP contribution in [0.15, 0.2) is 53.5 Å². The van der Waals surface area contributed by atoms with Crippen LogP contribution >= 0.6 is 0 Å². The van der Waals surface area contributed by atoms with Crippen LogP contribution in [0.3, 0.4) is 0 Å². The van der Waals surface area contributed by atoms with E-state index >= 15 is 0 Å². The molecule has 0 unspecified atom stereocenters. The topological polar surface area (TPSA) is 100 Å². The number of rotatable bonds is 7. The van der Waals surface area contributed by atoms with Gasteiger partial charge in [-0.05, 0) is 49.7 Å². The Balaban J connectivity index is 1.62. The van der Waals surface area contributed by atoms with Crippen molar-refractivity contribution in [2.75, 3.05) is 23.5 Å². The number of nitrogens with one attached hydrogen (secondary N) is 2. The Morgan fingerprint density at radius 2 is 1.83 bits per heavy atom. The fourth-order valence-corrected chi connectivity index (χ4v) is 2.72. The molecule has 0 saturated carbocycles. The lowest BCUT2D eigenvalue weighted by Crippen LogP contribution is -2.54. The summed E-state index contributed by atoms with van der Waals surface area (Å²) in [5.74, 6) is -1.12. The minimum atomic E-state index is -0.488. The number of ether oxygens (including phenoxy) is 1. The number of unbranched alkanes of at least 4 members (excludes halogenated alkanes) is 1. The monoisotopic (exact) mass is 408 g/mol. The van der Waals surface area contributed by atoms with Crippen LogP contribution in [0.4, 0.5) is 11.4 Å². The van der Waals surface area contributed by atoms with E-state index in [0.29, 0.717) is 23.5 Å². The van der Waals surface area contributed by atoms with Gasteiger partial charge in [-0.1, -0.05) is 31.0 Å². The lowest BCUT2D eigenvalue weighted by Gasteiger charge is -2.27. The van der Waals surface area contributed by atoms with Crippen molar-refractivity contribution in [2.24, 2.45) is 4.99 Å². The molecule has 2 amide bonds. The predicted octanol–water partition coefficient (Wildman–Crippen LogP) is 2.84. The first-order chi connectivity index (χ1) is 14.5. The van der Waals surface area contributed by atoms with Gasteiger partial charge in [0.25, 0.3) is 11.8 Å². The normalized spacial score (nSPS) is 13.3. The van der Waals surface area contributed by atoms with Gasteiger partial charge in [0.1, 0.15) is 6.54 Å². The Bertz CT molecular complexity index is 952. The Labute approximate surface area is 174 Å². The van der Waals surface area contributed by atoms with Crippen molar-refractivity contribution in [1.29, 1.82) is 0 Å². The average molecular weight is 408 g/mol. The molecular weight excluding hydrogens is 384 g/mol. The van der Waals surface area contributed by atoms with Crippen molar-refractivity contribution < 1.29 is 19.1 Å². The van der Waals surface area contributed by atoms with Gasteiger partial charge in [-0.2, -0.15) is 0 Å². The number of carbonyl (C=O) groups excluding carboxylic acids is 3. The molecule has 1 aliphatic heterocycles. The Morgan fingerprint density at radius 3 is 2.50 bits per heavy atom. The lowest BCUT2D eigenvalue weighted by atomic mass is 10.2. The Hall–Kier alpha value is -3.68. The van der Waals surface area contributed by atoms with E-state index in [4.69, 9.17) is 4.74 Å². The van der Waals surface area contributed by atoms with Gasteiger partial charge in [-0.3, -0.25) is 20.0 Å². The van der Waals surface area contributed by atoms with E-state index in [2.05, 4.69) is 15.7 Å². The van der Waals surface area contributed by atoms with Crippen LogP contribution in [0, 0.1) is 6.92 Å². The Kier molecular flexibility index (Phi) is 6.79. The summed E-state index contributed by atoms with van der Waals surface area (Å²) in [6.07, 6.45) is 1.76. The molecule has 1 aliphatic rings. The predicted molar refractivity (Wildman–Crippen MR) is 114 cm³/mol. The molecule has 0 fully saturated rings. The number of hydrazine groups is 1. The molecule has 0 bridgehead atoms. The molecule has 0 saturated heterocycles. The van der Waals surface area contributed by atoms with Gasteiger partial charge in [0.15, 0.2) is 0 Å². The van der Waals surface area contributed by atoms with Gasteiger partial charge >= 0.3 is 5.97 Å². The number of aryl methyl sites for hydroxylation is 1. The van der Waals surface area contributed by atoms with E-state index in [1.807, 2.05) is 26.0 Å². The smallest absolute Gasteiger partial charge is 0.338 e. The summed E-state index contributed by atoms with van der Waals surface area (Å²) in [4.78, 5) is 40.7. The second-order valence-electron chi connectivity index (χ2n) is 6.86. The number of hydrogen-bond acceptors (Lipinski definition) is 6. The first kappa shape index (κ1) is 21.0. The molecule has 2 aromatic carbocycles. The SMILES string of the molecule is CCCCOC(=O)c1ccc(NC(=O)C2=NCC(=O)N(c3ccc(C)cc3)N2)cc1. The molecule has 0 radical (unpaired) electrons. The van der Waals surface area contributed by atoms with Crippen molar-refractivity contribution >= 4 is 35.0 Å². The molecule has 0 aliphatic carbocycles. The zero-order valence-electron chi connectivity index (χ0n) is 17.0. The van der Waals surface area contributed by atoms with Crippen LogP contribution in [-0.4, -0.2) is 36.8 Å². The van der Waals surface area contributed by atoms with Crippen molar-refractivity contribution in [3.63, 3.8) is 0 Å². The summed E-state index contributed by atoms with van der Waals surface area (Å²) in [5.41, 5.74) is 5.35. The van der Waals surface area contributed by atoms with Gasteiger partial charge in [-0.15, -0.1) is 0 Å². The molecule has 8 heteroatoms. The van der Waals surface area contributed by atoms with Crippen LogP contribution in [0.25, 0.3) is 0 Å². The number of amidine groups is 1. The maximum Gasteiger partial charge on any atom is 0.338 e. The molecule has 0 atom stereocenters. The molecule has 2 aromatic rings. The number of anilines is 2. The summed E-state index contributed by atoms with van der Waals surface area (Å²) in [5, 5.41) is 4.01. The molecular formula is C22H24N4O4. The van der Waals surface area contributed by atoms with Crippen molar-refractivity contribution in [2.45, 2.75) is 26.7 Å². The molecule has 30 heavy (non-hydrogen) atoms. The number of aliphatic imine (C=N–C) groups is 1. The highest BCUT2D eigenvalue weighted by atomic mass is 16.5. The van der Waals surface area contributed by atoms with Gasteiger partial charge in [0, 0.05) is 5.69 Å². The van der Waals surface area contributed by atoms with Gasteiger partial charge in [0.05, 0.1) is 17.9 Å². The average Bonchev–Trinajstić information content (AvgIpc) is 2.75. The van der Waals surface area contributed by atoms with Crippen molar-refractivity contribution in [3.05, 3.63) is 59.7 Å². The second kappa shape index (κ2) is 9.69. The van der Waals surface area contributed by atoms with E-state index in [-0.39, 0.29) is 18.3 Å². The van der Waals surface area contributed by atoms with Crippen LogP contribution in [-0.2, 0) is 14.3 Å². The van der Waals surface area contributed by atoms with E-state index in [0.717, 1.165) is 18.4 Å². The number of hydrogen-bond donors (Lipinski definition) is 2. The molecule has 1 heterocycles. The number of benzene rings is 2. The molecule has 3 rings (SSSR count). The van der Waals surface area contributed by atoms with Crippen molar-refractivity contribution in [1.82, 2.24) is 5.43 Å². The van der Waals surface area contributed by atoms with Gasteiger partial charge in [-0.25, -0.2) is 9.80 Å². The highest BCUT2D eigenvalue weighted by Gasteiger charge is 2.25. The minimum Gasteiger partial charge on any atom is -0.462 e. The first-order valence-corrected chi connectivity index (χ1v) is 9.77. The molecule has 8 nitrogen and oxygen atoms in total. The Morgan fingerprint density at radius 1 is 1.13 bits per heavy atom. The number of esters is 1. The highest BCUT2D eigenvalue weighted by Crippen LogP contribution is 2.16. The van der Waals surface area contributed by atoms with E-state index in [1.54, 1.807) is 36.4 Å². The van der Waals surface area contributed by atoms with E-state index in [1.165, 1.54) is 5.01 Å². The standard InChI is InChI=1S/C22H24N4O4/c1-3-4-13-30-22(29)16-7-9-17(10-8-16)24-21(28)20-23-14-19(27)26(25-20)18-11-5-15(2)6-12-18/h5-12H,3-4,13-14H2,1-2H3,(H,23,25)(H,24,28). The number of nitrogens with zero attached hydrogens (tertiary/aromatic N) is 2. The zero-order valence-corrected chi connectivity index (χ0v) is 17.0. The molecule has 156 valence electrons. The number of amides is 2. The largest absolute Gasteiger partial charge is 0.462 e. The van der Waals surface area contributed by atoms with E-state index < -0.39 is 11.9 Å². The van der Waals surface area contributed by atoms with E-state index in [9.17, 15) is 14.4 Å². The summed E-state index contributed by atoms with van der Waals surface area (Å²) >= 11 is 0. The van der Waals surface area contributed by atoms with Gasteiger partial charge < -0.3 is 10.1 Å². The van der Waals surface area contributed by atoms with Gasteiger partial charge in [0.2, 0.25) is 5.84 Å². The summed E-state index contributed by atoms with van der Waals surface area (Å²) in [6.45, 7) is 4.22. The van der Waals surface area contributed by atoms with Crippen LogP contribution in [0.1, 0.15) is 35.7 Å². The number of carbonyl (C=O) groups is 3. The molecule has 2 N–H and O–H groups in total. The first-order valence-electron chi connectivity index (χ1n) is 9.77. The van der Waals surface area contributed by atoms with Crippen LogP contribution in [0.5, 0.6) is 0 Å². The maximum absolute atomic E-state index is 12.6. The molecule has 0 aromatic heterocycles. The van der Waals surface area contributed by atoms with Crippen molar-refractivity contribution in [3.8, 4) is 0 Å². The minimum absolute atomic E-state index is 0.0261. The summed E-state index contributed by atoms with van der Waals surface area (Å²) in [7, 11) is 0. The quantitative estimate of drug-likeness (QED) is 0.542.